The molecule has 0 spiro atoms. The number of unbranched alkanes of at least 4 members (excludes halogenated alkanes) is 1. The first-order chi connectivity index (χ1) is 13.4. The maximum Gasteiger partial charge on any atom is 0.262 e. The molecule has 0 bridgehead atoms. The smallest absolute Gasteiger partial charge is 0.262 e. The van der Waals surface area contributed by atoms with Gasteiger partial charge in [-0.3, -0.25) is 10.0 Å². The number of amides is 1. The summed E-state index contributed by atoms with van der Waals surface area (Å²) >= 11 is 0. The van der Waals surface area contributed by atoms with Crippen LogP contribution in [0.3, 0.4) is 0 Å². The Balaban J connectivity index is 0.000000283. The lowest BCUT2D eigenvalue weighted by Gasteiger charge is -2.08. The molecule has 0 unspecified atom stereocenters. The van der Waals surface area contributed by atoms with E-state index in [0.717, 1.165) is 18.7 Å². The van der Waals surface area contributed by atoms with Crippen molar-refractivity contribution in [3.8, 4) is 0 Å². The summed E-state index contributed by atoms with van der Waals surface area (Å²) < 4.78 is 25.7. The van der Waals surface area contributed by atoms with Gasteiger partial charge < -0.3 is 10.6 Å². The average Bonchev–Trinajstić information content (AvgIpc) is 2.69. The van der Waals surface area contributed by atoms with Crippen LogP contribution in [0.5, 0.6) is 0 Å². The second-order valence-corrected chi connectivity index (χ2v) is 6.47. The number of nitrogens with one attached hydrogen (secondary N) is 3. The van der Waals surface area contributed by atoms with Crippen LogP contribution in [0.1, 0.15) is 36.5 Å². The number of aryl methyl sites for hydroxylation is 2. The van der Waals surface area contributed by atoms with Crippen LogP contribution in [-0.2, 0) is 11.3 Å². The fourth-order valence-electron chi connectivity index (χ4n) is 2.41. The molecule has 28 heavy (non-hydrogen) atoms. The van der Waals surface area contributed by atoms with Crippen molar-refractivity contribution in [2.45, 2.75) is 40.2 Å². The van der Waals surface area contributed by atoms with Crippen LogP contribution in [0.15, 0.2) is 36.4 Å². The Hall–Kier alpha value is -2.51. The Morgan fingerprint density at radius 3 is 2.21 bits per heavy atom. The first kappa shape index (κ1) is 23.5. The molecule has 0 atom stereocenters. The molecule has 7 heteroatoms. The van der Waals surface area contributed by atoms with Crippen LogP contribution in [0.4, 0.5) is 14.5 Å². The quantitative estimate of drug-likeness (QED) is 0.310. The molecule has 2 aromatic carbocycles. The first-order valence-corrected chi connectivity index (χ1v) is 9.26. The number of anilines is 1. The molecule has 1 amide bonds. The minimum atomic E-state index is -0.547. The molecule has 5 nitrogen and oxygen atoms in total. The Kier molecular flexibility index (Phi) is 10.8. The van der Waals surface area contributed by atoms with E-state index in [1.807, 2.05) is 12.1 Å². The molecule has 0 heterocycles. The summed E-state index contributed by atoms with van der Waals surface area (Å²) in [6.07, 6.45) is 2.40. The number of carbonyl (C=O) groups excluding carboxylic acids is 1. The summed E-state index contributed by atoms with van der Waals surface area (Å²) in [7, 11) is 0. The molecule has 4 N–H and O–H groups in total. The van der Waals surface area contributed by atoms with E-state index in [1.165, 1.54) is 30.5 Å². The number of hydrogen-bond donors (Lipinski definition) is 4. The number of hydrogen-bond acceptors (Lipinski definition) is 4. The van der Waals surface area contributed by atoms with E-state index in [2.05, 4.69) is 17.6 Å². The van der Waals surface area contributed by atoms with Gasteiger partial charge in [0.25, 0.3) is 5.91 Å². The van der Waals surface area contributed by atoms with Crippen molar-refractivity contribution in [3.05, 3.63) is 64.7 Å². The fraction of sp³-hybridized carbons (Fsp3) is 0.381. The van der Waals surface area contributed by atoms with Crippen molar-refractivity contribution < 1.29 is 18.8 Å². The summed E-state index contributed by atoms with van der Waals surface area (Å²) in [6.45, 7) is 7.29. The molecule has 0 fully saturated rings. The monoisotopic (exact) mass is 393 g/mol. The van der Waals surface area contributed by atoms with E-state index >= 15 is 0 Å². The normalized spacial score (nSPS) is 10.1. The third-order valence-electron chi connectivity index (χ3n) is 3.96. The third kappa shape index (κ3) is 8.92. The van der Waals surface area contributed by atoms with Gasteiger partial charge >= 0.3 is 0 Å². The van der Waals surface area contributed by atoms with Gasteiger partial charge in [0.15, 0.2) is 0 Å². The van der Waals surface area contributed by atoms with Gasteiger partial charge in [-0.25, -0.2) is 14.3 Å². The van der Waals surface area contributed by atoms with Gasteiger partial charge in [-0.15, -0.1) is 0 Å². The van der Waals surface area contributed by atoms with Gasteiger partial charge in [-0.1, -0.05) is 25.5 Å². The second kappa shape index (κ2) is 12.8. The number of benzene rings is 2. The maximum absolute atomic E-state index is 13.2. The molecule has 0 radical (unpaired) electrons. The number of halogens is 2. The summed E-state index contributed by atoms with van der Waals surface area (Å²) in [4.78, 5) is 10.7. The zero-order chi connectivity index (χ0) is 20.9. The van der Waals surface area contributed by atoms with E-state index < -0.39 is 5.91 Å². The molecule has 154 valence electrons. The second-order valence-electron chi connectivity index (χ2n) is 6.47. The highest BCUT2D eigenvalue weighted by Gasteiger charge is 2.05. The highest BCUT2D eigenvalue weighted by Crippen LogP contribution is 2.18. The van der Waals surface area contributed by atoms with Crippen LogP contribution < -0.4 is 16.1 Å². The topological polar surface area (TPSA) is 73.4 Å². The third-order valence-corrected chi connectivity index (χ3v) is 3.96. The van der Waals surface area contributed by atoms with Gasteiger partial charge in [0.1, 0.15) is 11.6 Å². The van der Waals surface area contributed by atoms with E-state index in [1.54, 1.807) is 26.0 Å². The molecule has 0 aromatic heterocycles. The van der Waals surface area contributed by atoms with Crippen molar-refractivity contribution >= 4 is 11.6 Å². The lowest BCUT2D eigenvalue weighted by Crippen LogP contribution is -2.26. The van der Waals surface area contributed by atoms with Crippen LogP contribution in [0.2, 0.25) is 0 Å². The SMILES string of the molecule is CCCCNCc1ccc(F)cc1.Cc1cc(NCC(=O)NO)cc(C)c1F. The predicted molar refractivity (Wildman–Crippen MR) is 107 cm³/mol. The lowest BCUT2D eigenvalue weighted by atomic mass is 10.1. The molecule has 0 aliphatic heterocycles. The summed E-state index contributed by atoms with van der Waals surface area (Å²) in [5.74, 6) is -0.959. The Morgan fingerprint density at radius 1 is 1.07 bits per heavy atom. The number of hydroxylamine groups is 1. The van der Waals surface area contributed by atoms with Gasteiger partial charge in [0.2, 0.25) is 0 Å². The van der Waals surface area contributed by atoms with Gasteiger partial charge in [-0.05, 0) is 67.8 Å². The van der Waals surface area contributed by atoms with Crippen molar-refractivity contribution in [3.63, 3.8) is 0 Å². The Morgan fingerprint density at radius 2 is 1.68 bits per heavy atom. The maximum atomic E-state index is 13.2. The Bertz CT molecular complexity index is 714. The number of rotatable bonds is 8. The van der Waals surface area contributed by atoms with Crippen molar-refractivity contribution in [2.75, 3.05) is 18.4 Å². The predicted octanol–water partition coefficient (Wildman–Crippen LogP) is 4.08. The largest absolute Gasteiger partial charge is 0.376 e. The molecular formula is C21H29F2N3O2. The molecular weight excluding hydrogens is 364 g/mol. The van der Waals surface area contributed by atoms with Crippen LogP contribution in [-0.4, -0.2) is 24.2 Å². The zero-order valence-electron chi connectivity index (χ0n) is 16.6. The molecule has 2 rings (SSSR count). The van der Waals surface area contributed by atoms with Crippen molar-refractivity contribution in [1.82, 2.24) is 10.8 Å². The molecule has 0 saturated carbocycles. The zero-order valence-corrected chi connectivity index (χ0v) is 16.6. The minimum Gasteiger partial charge on any atom is -0.376 e. The van der Waals surface area contributed by atoms with Gasteiger partial charge in [0, 0.05) is 12.2 Å². The highest BCUT2D eigenvalue weighted by molar-refractivity contribution is 5.79. The molecule has 0 saturated heterocycles. The van der Waals surface area contributed by atoms with E-state index in [4.69, 9.17) is 5.21 Å². The Labute approximate surface area is 165 Å². The molecule has 2 aromatic rings. The van der Waals surface area contributed by atoms with Crippen molar-refractivity contribution in [2.24, 2.45) is 0 Å². The van der Waals surface area contributed by atoms with Gasteiger partial charge in [0.05, 0.1) is 6.54 Å². The standard InChI is InChI=1S/C11H16FN.C10H13FN2O2/c1-2-3-8-13-9-10-4-6-11(12)7-5-10;1-6-3-8(4-7(2)10(6)11)12-5-9(14)13-15/h4-7,13H,2-3,8-9H2,1H3;3-4,12,15H,5H2,1-2H3,(H,13,14). The summed E-state index contributed by atoms with van der Waals surface area (Å²) in [5.41, 5.74) is 4.32. The van der Waals surface area contributed by atoms with Gasteiger partial charge in [-0.2, -0.15) is 0 Å². The van der Waals surface area contributed by atoms with Crippen LogP contribution in [0.25, 0.3) is 0 Å². The van der Waals surface area contributed by atoms with E-state index in [9.17, 15) is 13.6 Å². The summed E-state index contributed by atoms with van der Waals surface area (Å²) in [5, 5.41) is 14.3. The van der Waals surface area contributed by atoms with Crippen LogP contribution in [0, 0.1) is 25.5 Å². The van der Waals surface area contributed by atoms with E-state index in [-0.39, 0.29) is 18.2 Å². The molecule has 0 aliphatic rings. The van der Waals surface area contributed by atoms with Crippen molar-refractivity contribution in [1.29, 1.82) is 0 Å². The number of carbonyl (C=O) groups is 1. The highest BCUT2D eigenvalue weighted by atomic mass is 19.1. The lowest BCUT2D eigenvalue weighted by molar-refractivity contribution is -0.127. The first-order valence-electron chi connectivity index (χ1n) is 9.26. The van der Waals surface area contributed by atoms with Crippen LogP contribution >= 0.6 is 0 Å². The average molecular weight is 393 g/mol. The van der Waals surface area contributed by atoms with E-state index in [0.29, 0.717) is 16.8 Å². The minimum absolute atomic E-state index is 0.0546. The molecule has 0 aliphatic carbocycles. The summed E-state index contributed by atoms with van der Waals surface area (Å²) in [6, 6.07) is 9.83. The fourth-order valence-corrected chi connectivity index (χ4v) is 2.41.